The zero-order valence-corrected chi connectivity index (χ0v) is 24.0. The van der Waals surface area contributed by atoms with Gasteiger partial charge in [-0.3, -0.25) is 34.3 Å². The first kappa shape index (κ1) is 27.4. The Kier molecular flexibility index (Phi) is 7.22. The number of nitrogens with zero attached hydrogens (tertiary/aromatic N) is 5. The molecule has 0 radical (unpaired) electrons. The van der Waals surface area contributed by atoms with Gasteiger partial charge in [0.15, 0.2) is 0 Å². The van der Waals surface area contributed by atoms with Crippen LogP contribution in [-0.4, -0.2) is 69.1 Å². The van der Waals surface area contributed by atoms with Gasteiger partial charge in [-0.2, -0.15) is 0 Å². The number of carbonyl (C=O) groups is 4. The number of rotatable bonds is 5. The van der Waals surface area contributed by atoms with E-state index in [4.69, 9.17) is 0 Å². The Morgan fingerprint density at radius 2 is 1.63 bits per heavy atom. The molecule has 0 bridgehead atoms. The third kappa shape index (κ3) is 5.31. The molecule has 0 aliphatic carbocycles. The number of likely N-dealkylation sites (tertiary alicyclic amines) is 1. The van der Waals surface area contributed by atoms with Gasteiger partial charge in [0.25, 0.3) is 11.8 Å². The van der Waals surface area contributed by atoms with Gasteiger partial charge in [0.1, 0.15) is 6.04 Å². The summed E-state index contributed by atoms with van der Waals surface area (Å²) in [4.78, 5) is 64.9. The molecule has 4 aliphatic rings. The smallest absolute Gasteiger partial charge is 0.260 e. The first-order valence-electron chi connectivity index (χ1n) is 15.1. The van der Waals surface area contributed by atoms with Gasteiger partial charge in [-0.25, -0.2) is 9.97 Å². The summed E-state index contributed by atoms with van der Waals surface area (Å²) in [6.07, 6.45) is 7.69. The number of hydrogen-bond donors (Lipinski definition) is 1. The molecule has 7 rings (SSSR count). The monoisotopic (exact) mass is 578 g/mol. The summed E-state index contributed by atoms with van der Waals surface area (Å²) in [6.45, 7) is 3.68. The lowest BCUT2D eigenvalue weighted by molar-refractivity contribution is -0.136. The highest BCUT2D eigenvalue weighted by Crippen LogP contribution is 2.34. The fourth-order valence-electron chi connectivity index (χ4n) is 6.97. The second kappa shape index (κ2) is 11.3. The van der Waals surface area contributed by atoms with Crippen molar-refractivity contribution >= 4 is 29.6 Å². The number of imide groups is 1. The summed E-state index contributed by atoms with van der Waals surface area (Å²) < 4.78 is 0. The zero-order valence-electron chi connectivity index (χ0n) is 24.0. The van der Waals surface area contributed by atoms with E-state index in [9.17, 15) is 19.2 Å². The van der Waals surface area contributed by atoms with Crippen LogP contribution in [0.3, 0.4) is 0 Å². The SMILES string of the molecule is O=C1CCC(N2Cc3cc(C4CCN(Cc5ccc6c(c5)C(=O)N(c5ncccn5)CCC6)CC4)ccc3C2=O)C(=O)N1. The maximum Gasteiger partial charge on any atom is 0.260 e. The summed E-state index contributed by atoms with van der Waals surface area (Å²) in [5, 5.41) is 2.37. The van der Waals surface area contributed by atoms with Crippen LogP contribution >= 0.6 is 0 Å². The van der Waals surface area contributed by atoms with Crippen molar-refractivity contribution in [3.8, 4) is 0 Å². The van der Waals surface area contributed by atoms with Crippen LogP contribution in [0.5, 0.6) is 0 Å². The van der Waals surface area contributed by atoms with Crippen LogP contribution in [0.2, 0.25) is 0 Å². The van der Waals surface area contributed by atoms with Gasteiger partial charge in [0.2, 0.25) is 17.8 Å². The summed E-state index contributed by atoms with van der Waals surface area (Å²) in [7, 11) is 0. The van der Waals surface area contributed by atoms with Gasteiger partial charge in [-0.05, 0) is 91.6 Å². The average Bonchev–Trinajstić information content (AvgIpc) is 3.25. The molecule has 0 spiro atoms. The lowest BCUT2D eigenvalue weighted by Gasteiger charge is -2.32. The molecule has 2 fully saturated rings. The number of aryl methyl sites for hydroxylation is 1. The minimum absolute atomic E-state index is 0.0366. The molecule has 1 aromatic heterocycles. The van der Waals surface area contributed by atoms with Crippen LogP contribution in [0.4, 0.5) is 5.95 Å². The molecule has 220 valence electrons. The molecule has 10 heteroatoms. The molecule has 1 N–H and O–H groups in total. The van der Waals surface area contributed by atoms with Crippen molar-refractivity contribution in [2.45, 2.75) is 63.6 Å². The number of fused-ring (bicyclic) bond motifs is 2. The Morgan fingerprint density at radius 1 is 0.814 bits per heavy atom. The Bertz CT molecular complexity index is 1600. The van der Waals surface area contributed by atoms with Crippen molar-refractivity contribution in [1.29, 1.82) is 0 Å². The van der Waals surface area contributed by atoms with E-state index >= 15 is 0 Å². The molecule has 1 atom stereocenters. The van der Waals surface area contributed by atoms with Gasteiger partial charge in [0, 0.05) is 49.6 Å². The molecule has 2 saturated heterocycles. The van der Waals surface area contributed by atoms with E-state index in [-0.39, 0.29) is 30.0 Å². The van der Waals surface area contributed by atoms with E-state index in [0.717, 1.165) is 67.6 Å². The Labute approximate surface area is 250 Å². The Morgan fingerprint density at radius 3 is 2.42 bits per heavy atom. The van der Waals surface area contributed by atoms with E-state index in [1.165, 1.54) is 5.56 Å². The number of hydrogen-bond acceptors (Lipinski definition) is 7. The number of piperidine rings is 2. The van der Waals surface area contributed by atoms with E-state index in [1.54, 1.807) is 28.3 Å². The number of carbonyl (C=O) groups excluding carboxylic acids is 4. The van der Waals surface area contributed by atoms with E-state index < -0.39 is 6.04 Å². The second-order valence-electron chi connectivity index (χ2n) is 12.0. The molecule has 5 heterocycles. The average molecular weight is 579 g/mol. The highest BCUT2D eigenvalue weighted by atomic mass is 16.2. The van der Waals surface area contributed by atoms with Crippen molar-refractivity contribution in [3.63, 3.8) is 0 Å². The maximum absolute atomic E-state index is 13.5. The van der Waals surface area contributed by atoms with Crippen molar-refractivity contribution in [1.82, 2.24) is 25.1 Å². The topological polar surface area (TPSA) is 116 Å². The summed E-state index contributed by atoms with van der Waals surface area (Å²) in [6, 6.07) is 13.6. The molecular weight excluding hydrogens is 544 g/mol. The van der Waals surface area contributed by atoms with Crippen LogP contribution in [0.1, 0.15) is 81.0 Å². The number of benzene rings is 2. The summed E-state index contributed by atoms with van der Waals surface area (Å²) in [5.74, 6) is 0.0163. The van der Waals surface area contributed by atoms with Crippen LogP contribution < -0.4 is 10.2 Å². The molecule has 1 unspecified atom stereocenters. The molecule has 43 heavy (non-hydrogen) atoms. The van der Waals surface area contributed by atoms with Crippen LogP contribution in [0.25, 0.3) is 0 Å². The predicted molar refractivity (Wildman–Crippen MR) is 158 cm³/mol. The van der Waals surface area contributed by atoms with E-state index in [2.05, 4.69) is 50.5 Å². The molecule has 4 aliphatic heterocycles. The van der Waals surface area contributed by atoms with Crippen LogP contribution in [0, 0.1) is 0 Å². The number of amides is 4. The van der Waals surface area contributed by atoms with E-state index in [1.807, 2.05) is 6.07 Å². The molecule has 10 nitrogen and oxygen atoms in total. The molecular formula is C33H34N6O4. The number of anilines is 1. The fraction of sp³-hybridized carbons (Fsp3) is 0.394. The molecule has 4 amide bonds. The quantitative estimate of drug-likeness (QED) is 0.463. The predicted octanol–water partition coefficient (Wildman–Crippen LogP) is 3.21. The second-order valence-corrected chi connectivity index (χ2v) is 12.0. The third-order valence-corrected chi connectivity index (χ3v) is 9.28. The zero-order chi connectivity index (χ0) is 29.5. The van der Waals surface area contributed by atoms with E-state index in [0.29, 0.717) is 36.9 Å². The molecule has 3 aromatic rings. The Hall–Kier alpha value is -4.44. The van der Waals surface area contributed by atoms with Crippen molar-refractivity contribution in [2.24, 2.45) is 0 Å². The first-order valence-corrected chi connectivity index (χ1v) is 15.1. The molecule has 2 aromatic carbocycles. The highest BCUT2D eigenvalue weighted by molar-refractivity contribution is 6.07. The van der Waals surface area contributed by atoms with Gasteiger partial charge >= 0.3 is 0 Å². The standard InChI is InChI=1S/C33H34N6O4/c40-29-9-8-28(30(41)36-29)39-20-25-18-24(6-7-26(25)31(39)42)22-10-15-37(16-11-22)19-21-4-5-23-3-1-14-38(32(43)27(23)17-21)33-34-12-2-13-35-33/h2,4-7,12-13,17-18,22,28H,1,3,8-11,14-16,19-20H2,(H,36,40,41). The van der Waals surface area contributed by atoms with Crippen molar-refractivity contribution in [3.05, 3.63) is 88.2 Å². The lowest BCUT2D eigenvalue weighted by Crippen LogP contribution is -2.52. The number of aromatic nitrogens is 2. The largest absolute Gasteiger partial charge is 0.322 e. The normalized spacial score (nSPS) is 21.4. The lowest BCUT2D eigenvalue weighted by atomic mass is 9.87. The van der Waals surface area contributed by atoms with Crippen LogP contribution in [-0.2, 0) is 29.1 Å². The van der Waals surface area contributed by atoms with Crippen LogP contribution in [0.15, 0.2) is 54.9 Å². The maximum atomic E-state index is 13.5. The van der Waals surface area contributed by atoms with Crippen molar-refractivity contribution < 1.29 is 19.2 Å². The first-order chi connectivity index (χ1) is 20.9. The van der Waals surface area contributed by atoms with Gasteiger partial charge in [0.05, 0.1) is 0 Å². The minimum Gasteiger partial charge on any atom is -0.322 e. The van der Waals surface area contributed by atoms with Crippen molar-refractivity contribution in [2.75, 3.05) is 24.5 Å². The molecule has 0 saturated carbocycles. The number of nitrogens with one attached hydrogen (secondary N) is 1. The fourth-order valence-corrected chi connectivity index (χ4v) is 6.97. The minimum atomic E-state index is -0.595. The van der Waals surface area contributed by atoms with Gasteiger partial charge in [-0.1, -0.05) is 24.3 Å². The highest BCUT2D eigenvalue weighted by Gasteiger charge is 2.39. The Balaban J connectivity index is 0.990. The summed E-state index contributed by atoms with van der Waals surface area (Å²) in [5.41, 5.74) is 5.80. The summed E-state index contributed by atoms with van der Waals surface area (Å²) >= 11 is 0. The van der Waals surface area contributed by atoms with Gasteiger partial charge < -0.3 is 4.90 Å². The third-order valence-electron chi connectivity index (χ3n) is 9.28. The van der Waals surface area contributed by atoms with Gasteiger partial charge in [-0.15, -0.1) is 0 Å².